The number of carbonyl (C=O) groups is 2. The van der Waals surface area contributed by atoms with E-state index in [9.17, 15) is 9.59 Å². The van der Waals surface area contributed by atoms with Crippen LogP contribution in [0.5, 0.6) is 0 Å². The molecule has 0 rings (SSSR count). The Bertz CT molecular complexity index is 266. The van der Waals surface area contributed by atoms with Crippen LogP contribution in [0.1, 0.15) is 39.5 Å². The monoisotopic (exact) mass is 257 g/mol. The minimum atomic E-state index is -0.473. The van der Waals surface area contributed by atoms with Gasteiger partial charge in [0.2, 0.25) is 5.91 Å². The summed E-state index contributed by atoms with van der Waals surface area (Å²) in [5.74, 6) is -0.717. The summed E-state index contributed by atoms with van der Waals surface area (Å²) in [6, 6.07) is 0. The van der Waals surface area contributed by atoms with Crippen molar-refractivity contribution < 1.29 is 19.1 Å². The molecule has 1 amide bonds. The van der Waals surface area contributed by atoms with Crippen molar-refractivity contribution in [1.29, 1.82) is 0 Å². The third-order valence-electron chi connectivity index (χ3n) is 2.20. The van der Waals surface area contributed by atoms with Gasteiger partial charge in [-0.05, 0) is 18.9 Å². The van der Waals surface area contributed by atoms with E-state index >= 15 is 0 Å². The Kier molecular flexibility index (Phi) is 9.96. The predicted molar refractivity (Wildman–Crippen MR) is 68.9 cm³/mol. The van der Waals surface area contributed by atoms with Crippen LogP contribution in [0.2, 0.25) is 0 Å². The van der Waals surface area contributed by atoms with Gasteiger partial charge in [-0.1, -0.05) is 33.3 Å². The molecule has 0 aromatic carbocycles. The summed E-state index contributed by atoms with van der Waals surface area (Å²) < 4.78 is 10.2. The van der Waals surface area contributed by atoms with E-state index in [1.165, 1.54) is 6.08 Å². The maximum Gasteiger partial charge on any atom is 0.332 e. The van der Waals surface area contributed by atoms with Crippen LogP contribution in [-0.4, -0.2) is 31.3 Å². The van der Waals surface area contributed by atoms with Gasteiger partial charge in [0, 0.05) is 0 Å². The minimum absolute atomic E-state index is 0.147. The maximum absolute atomic E-state index is 11.3. The zero-order valence-electron chi connectivity index (χ0n) is 11.2. The first-order valence-corrected chi connectivity index (χ1v) is 6.34. The number of ether oxygens (including phenoxy) is 2. The van der Waals surface area contributed by atoms with Gasteiger partial charge >= 0.3 is 5.97 Å². The topological polar surface area (TPSA) is 64.6 Å². The molecule has 0 aliphatic heterocycles. The zero-order valence-corrected chi connectivity index (χ0v) is 11.2. The molecule has 18 heavy (non-hydrogen) atoms. The minimum Gasteiger partial charge on any atom is -0.464 e. The van der Waals surface area contributed by atoms with Crippen molar-refractivity contribution >= 4 is 11.9 Å². The standard InChI is InChI=1S/C13H23NO4/c1-4-7-9-17-13(16)10-18-12(8-5-2)14-11(15)6-3/h6,12H,3-5,7-10H2,1-2H3,(H,14,15). The summed E-state index contributed by atoms with van der Waals surface area (Å²) in [6.07, 6.45) is 4.00. The van der Waals surface area contributed by atoms with Gasteiger partial charge in [0.05, 0.1) is 6.61 Å². The molecule has 0 aliphatic rings. The lowest BCUT2D eigenvalue weighted by atomic mass is 10.3. The Hall–Kier alpha value is -1.36. The number of hydrogen-bond acceptors (Lipinski definition) is 4. The maximum atomic E-state index is 11.3. The molecular weight excluding hydrogens is 234 g/mol. The second-order valence-corrected chi connectivity index (χ2v) is 3.88. The fourth-order valence-electron chi connectivity index (χ4n) is 1.22. The van der Waals surface area contributed by atoms with E-state index < -0.39 is 12.2 Å². The molecule has 0 spiro atoms. The molecule has 0 aromatic rings. The SMILES string of the molecule is C=CC(=O)NC(CCC)OCC(=O)OCCCC. The number of esters is 1. The second kappa shape index (κ2) is 10.8. The first-order chi connectivity index (χ1) is 8.63. The van der Waals surface area contributed by atoms with Crippen molar-refractivity contribution in [1.82, 2.24) is 5.32 Å². The number of amides is 1. The van der Waals surface area contributed by atoms with Crippen LogP contribution in [0.15, 0.2) is 12.7 Å². The molecular formula is C13H23NO4. The molecule has 1 unspecified atom stereocenters. The van der Waals surface area contributed by atoms with Crippen LogP contribution < -0.4 is 5.32 Å². The third-order valence-corrected chi connectivity index (χ3v) is 2.20. The molecule has 5 heteroatoms. The van der Waals surface area contributed by atoms with Gasteiger partial charge in [-0.15, -0.1) is 0 Å². The Morgan fingerprint density at radius 2 is 2.06 bits per heavy atom. The third kappa shape index (κ3) is 8.75. The highest BCUT2D eigenvalue weighted by molar-refractivity contribution is 5.86. The van der Waals surface area contributed by atoms with Gasteiger partial charge in [0.25, 0.3) is 0 Å². The molecule has 0 aliphatic carbocycles. The van der Waals surface area contributed by atoms with Crippen LogP contribution in [0, 0.1) is 0 Å². The van der Waals surface area contributed by atoms with Crippen LogP contribution in [0.25, 0.3) is 0 Å². The highest BCUT2D eigenvalue weighted by Gasteiger charge is 2.12. The molecule has 0 bridgehead atoms. The summed E-state index contributed by atoms with van der Waals surface area (Å²) in [4.78, 5) is 22.4. The fourth-order valence-corrected chi connectivity index (χ4v) is 1.22. The Balaban J connectivity index is 3.90. The van der Waals surface area contributed by atoms with Crippen molar-refractivity contribution in [3.05, 3.63) is 12.7 Å². The van der Waals surface area contributed by atoms with Crippen molar-refractivity contribution in [2.75, 3.05) is 13.2 Å². The molecule has 104 valence electrons. The molecule has 1 atom stereocenters. The van der Waals surface area contributed by atoms with E-state index in [1.54, 1.807) is 0 Å². The Morgan fingerprint density at radius 3 is 2.61 bits per heavy atom. The van der Waals surface area contributed by atoms with Gasteiger partial charge in [-0.3, -0.25) is 4.79 Å². The normalized spacial score (nSPS) is 11.7. The average Bonchev–Trinajstić information content (AvgIpc) is 2.36. The molecule has 0 aromatic heterocycles. The fraction of sp³-hybridized carbons (Fsp3) is 0.692. The van der Waals surface area contributed by atoms with Crippen LogP contribution in [0.3, 0.4) is 0 Å². The lowest BCUT2D eigenvalue weighted by Gasteiger charge is -2.17. The van der Waals surface area contributed by atoms with Gasteiger partial charge in [-0.25, -0.2) is 4.79 Å². The lowest BCUT2D eigenvalue weighted by molar-refractivity contribution is -0.153. The van der Waals surface area contributed by atoms with E-state index in [4.69, 9.17) is 9.47 Å². The number of nitrogens with one attached hydrogen (secondary N) is 1. The zero-order chi connectivity index (χ0) is 13.8. The summed E-state index contributed by atoms with van der Waals surface area (Å²) in [5.41, 5.74) is 0. The summed E-state index contributed by atoms with van der Waals surface area (Å²) >= 11 is 0. The lowest BCUT2D eigenvalue weighted by Crippen LogP contribution is -2.37. The predicted octanol–water partition coefficient (Wildman–Crippen LogP) is 1.77. The van der Waals surface area contributed by atoms with E-state index in [0.29, 0.717) is 13.0 Å². The van der Waals surface area contributed by atoms with E-state index in [1.807, 2.05) is 13.8 Å². The molecule has 0 saturated heterocycles. The van der Waals surface area contributed by atoms with Gasteiger partial charge in [-0.2, -0.15) is 0 Å². The summed E-state index contributed by atoms with van der Waals surface area (Å²) in [7, 11) is 0. The van der Waals surface area contributed by atoms with E-state index in [-0.39, 0.29) is 12.5 Å². The average molecular weight is 257 g/mol. The molecule has 0 saturated carbocycles. The van der Waals surface area contributed by atoms with Crippen molar-refractivity contribution in [3.63, 3.8) is 0 Å². The highest BCUT2D eigenvalue weighted by Crippen LogP contribution is 2.00. The number of hydrogen-bond donors (Lipinski definition) is 1. The molecule has 0 radical (unpaired) electrons. The number of rotatable bonds is 10. The van der Waals surface area contributed by atoms with Crippen LogP contribution in [-0.2, 0) is 19.1 Å². The van der Waals surface area contributed by atoms with Gasteiger partial charge in [0.15, 0.2) is 0 Å². The molecule has 5 nitrogen and oxygen atoms in total. The summed E-state index contributed by atoms with van der Waals surface area (Å²) in [5, 5.41) is 2.60. The molecule has 0 heterocycles. The van der Waals surface area contributed by atoms with Gasteiger partial charge in [0.1, 0.15) is 12.8 Å². The Labute approximate surface area is 109 Å². The quantitative estimate of drug-likeness (QED) is 0.280. The van der Waals surface area contributed by atoms with Crippen molar-refractivity contribution in [3.8, 4) is 0 Å². The number of unbranched alkanes of at least 4 members (excludes halogenated alkanes) is 1. The smallest absolute Gasteiger partial charge is 0.332 e. The summed E-state index contributed by atoms with van der Waals surface area (Å²) in [6.45, 7) is 7.61. The molecule has 1 N–H and O–H groups in total. The largest absolute Gasteiger partial charge is 0.464 e. The first kappa shape index (κ1) is 16.6. The van der Waals surface area contributed by atoms with Gasteiger partial charge < -0.3 is 14.8 Å². The first-order valence-electron chi connectivity index (χ1n) is 6.34. The van der Waals surface area contributed by atoms with E-state index in [0.717, 1.165) is 19.3 Å². The van der Waals surface area contributed by atoms with Crippen molar-refractivity contribution in [2.45, 2.75) is 45.8 Å². The molecule has 0 fully saturated rings. The Morgan fingerprint density at radius 1 is 1.33 bits per heavy atom. The van der Waals surface area contributed by atoms with Crippen molar-refractivity contribution in [2.24, 2.45) is 0 Å². The van der Waals surface area contributed by atoms with Crippen LogP contribution in [0.4, 0.5) is 0 Å². The highest BCUT2D eigenvalue weighted by atomic mass is 16.6. The second-order valence-electron chi connectivity index (χ2n) is 3.88. The van der Waals surface area contributed by atoms with E-state index in [2.05, 4.69) is 11.9 Å². The van der Waals surface area contributed by atoms with Crippen LogP contribution >= 0.6 is 0 Å². The number of carbonyl (C=O) groups excluding carboxylic acids is 2.